The van der Waals surface area contributed by atoms with Crippen molar-refractivity contribution in [3.63, 3.8) is 0 Å². The van der Waals surface area contributed by atoms with Gasteiger partial charge in [0.1, 0.15) is 11.4 Å². The molecule has 0 heterocycles. The molecular weight excluding hydrogens is 296 g/mol. The van der Waals surface area contributed by atoms with Gasteiger partial charge in [-0.1, -0.05) is 40.8 Å². The van der Waals surface area contributed by atoms with E-state index in [1.54, 1.807) is 25.1 Å². The van der Waals surface area contributed by atoms with Gasteiger partial charge in [0.2, 0.25) is 6.08 Å². The molecule has 74 valence electrons. The lowest BCUT2D eigenvalue weighted by molar-refractivity contribution is 0.502. The van der Waals surface area contributed by atoms with Gasteiger partial charge in [0.05, 0.1) is 0 Å². The van der Waals surface area contributed by atoms with Gasteiger partial charge in [0.15, 0.2) is 0 Å². The van der Waals surface area contributed by atoms with Crippen molar-refractivity contribution in [2.45, 2.75) is 12.5 Å². The molecule has 2 nitrogen and oxygen atoms in total. The van der Waals surface area contributed by atoms with Crippen molar-refractivity contribution in [3.05, 3.63) is 35.6 Å². The zero-order valence-electron chi connectivity index (χ0n) is 7.63. The van der Waals surface area contributed by atoms with Crippen LogP contribution in [0.1, 0.15) is 12.5 Å². The lowest BCUT2D eigenvalue weighted by atomic mass is 9.95. The Labute approximate surface area is 95.4 Å². The average Bonchev–Trinajstić information content (AvgIpc) is 2.18. The quantitative estimate of drug-likeness (QED) is 0.365. The summed E-state index contributed by atoms with van der Waals surface area (Å²) in [5, 5.41) is 0. The molecule has 14 heavy (non-hydrogen) atoms. The van der Waals surface area contributed by atoms with Gasteiger partial charge in [0, 0.05) is 9.99 Å². The van der Waals surface area contributed by atoms with E-state index < -0.39 is 5.54 Å². The second-order valence-electron chi connectivity index (χ2n) is 3.09. The number of alkyl halides is 1. The van der Waals surface area contributed by atoms with Gasteiger partial charge < -0.3 is 0 Å². The monoisotopic (exact) mass is 305 g/mol. The Morgan fingerprint density at radius 1 is 1.57 bits per heavy atom. The number of benzene rings is 1. The van der Waals surface area contributed by atoms with Gasteiger partial charge in [-0.15, -0.1) is 0 Å². The molecule has 0 saturated heterocycles. The molecule has 1 unspecified atom stereocenters. The van der Waals surface area contributed by atoms with E-state index in [1.807, 2.05) is 0 Å². The van der Waals surface area contributed by atoms with Gasteiger partial charge in [0.25, 0.3) is 0 Å². The van der Waals surface area contributed by atoms with E-state index in [4.69, 9.17) is 0 Å². The Kier molecular flexibility index (Phi) is 3.77. The highest BCUT2D eigenvalue weighted by Crippen LogP contribution is 2.29. The first kappa shape index (κ1) is 11.3. The summed E-state index contributed by atoms with van der Waals surface area (Å²) < 4.78 is 13.9. The SMILES string of the molecule is CC(CI)(N=C=O)c1ccccc1F. The number of halogens is 2. The third-order valence-corrected chi connectivity index (χ3v) is 3.49. The number of nitrogens with zero attached hydrogens (tertiary/aromatic N) is 1. The molecule has 0 amide bonds. The van der Waals surface area contributed by atoms with Crippen molar-refractivity contribution in [1.29, 1.82) is 0 Å². The minimum atomic E-state index is -0.812. The molecule has 0 bridgehead atoms. The lowest BCUT2D eigenvalue weighted by Gasteiger charge is -2.21. The maximum absolute atomic E-state index is 13.4. The van der Waals surface area contributed by atoms with Crippen LogP contribution in [0.15, 0.2) is 29.3 Å². The molecule has 0 radical (unpaired) electrons. The van der Waals surface area contributed by atoms with Crippen molar-refractivity contribution in [1.82, 2.24) is 0 Å². The minimum Gasteiger partial charge on any atom is -0.211 e. The van der Waals surface area contributed by atoms with E-state index in [0.29, 0.717) is 9.99 Å². The molecule has 0 aliphatic rings. The molecule has 0 aliphatic carbocycles. The summed E-state index contributed by atoms with van der Waals surface area (Å²) in [5.74, 6) is -0.342. The molecular formula is C10H9FINO. The Balaban J connectivity index is 3.25. The lowest BCUT2D eigenvalue weighted by Crippen LogP contribution is -2.22. The van der Waals surface area contributed by atoms with E-state index >= 15 is 0 Å². The van der Waals surface area contributed by atoms with Gasteiger partial charge in [-0.25, -0.2) is 9.18 Å². The number of carbonyl (C=O) groups excluding carboxylic acids is 1. The van der Waals surface area contributed by atoms with Gasteiger partial charge >= 0.3 is 0 Å². The summed E-state index contributed by atoms with van der Waals surface area (Å²) in [6.07, 6.45) is 1.49. The fourth-order valence-corrected chi connectivity index (χ4v) is 1.74. The highest BCUT2D eigenvalue weighted by atomic mass is 127. The Morgan fingerprint density at radius 2 is 2.21 bits per heavy atom. The fourth-order valence-electron chi connectivity index (χ4n) is 1.16. The molecule has 1 atom stereocenters. The molecule has 1 rings (SSSR count). The summed E-state index contributed by atoms with van der Waals surface area (Å²) in [7, 11) is 0. The molecule has 4 heteroatoms. The largest absolute Gasteiger partial charge is 0.235 e. The van der Waals surface area contributed by atoms with Crippen LogP contribution < -0.4 is 0 Å². The molecule has 0 aliphatic heterocycles. The number of hydrogen-bond donors (Lipinski definition) is 0. The van der Waals surface area contributed by atoms with Gasteiger partial charge in [-0.2, -0.15) is 4.99 Å². The minimum absolute atomic E-state index is 0.342. The number of hydrogen-bond acceptors (Lipinski definition) is 2. The number of aliphatic imine (C=N–C) groups is 1. The molecule has 0 N–H and O–H groups in total. The molecule has 1 aromatic carbocycles. The summed E-state index contributed by atoms with van der Waals surface area (Å²) in [6, 6.07) is 6.33. The average molecular weight is 305 g/mol. The van der Waals surface area contributed by atoms with Crippen LogP contribution in [0.4, 0.5) is 4.39 Å². The molecule has 0 aromatic heterocycles. The standard InChI is InChI=1S/C10H9FINO/c1-10(6-12,13-7-14)8-4-2-3-5-9(8)11/h2-5H,6H2,1H3. The normalized spacial score (nSPS) is 14.2. The summed E-state index contributed by atoms with van der Waals surface area (Å²) in [4.78, 5) is 13.9. The first-order valence-electron chi connectivity index (χ1n) is 4.04. The maximum Gasteiger partial charge on any atom is 0.235 e. The summed E-state index contributed by atoms with van der Waals surface area (Å²) in [6.45, 7) is 1.71. The van der Waals surface area contributed by atoms with Crippen LogP contribution in [0.5, 0.6) is 0 Å². The second kappa shape index (κ2) is 4.66. The molecule has 0 fully saturated rings. The first-order chi connectivity index (χ1) is 6.64. The van der Waals surface area contributed by atoms with E-state index in [-0.39, 0.29) is 5.82 Å². The Hall–Kier alpha value is -0.740. The van der Waals surface area contributed by atoms with Crippen molar-refractivity contribution in [3.8, 4) is 0 Å². The molecule has 0 spiro atoms. The van der Waals surface area contributed by atoms with Crippen LogP contribution in [0.2, 0.25) is 0 Å². The Bertz CT molecular complexity index is 376. The third kappa shape index (κ3) is 2.19. The maximum atomic E-state index is 13.4. The molecule has 0 saturated carbocycles. The summed E-state index contributed by atoms with van der Waals surface area (Å²) >= 11 is 2.07. The second-order valence-corrected chi connectivity index (χ2v) is 3.85. The smallest absolute Gasteiger partial charge is 0.211 e. The van der Waals surface area contributed by atoms with Crippen LogP contribution in [-0.4, -0.2) is 10.5 Å². The topological polar surface area (TPSA) is 29.4 Å². The predicted molar refractivity (Wildman–Crippen MR) is 60.8 cm³/mol. The van der Waals surface area contributed by atoms with Crippen molar-refractivity contribution in [2.24, 2.45) is 4.99 Å². The summed E-state index contributed by atoms with van der Waals surface area (Å²) in [5.41, 5.74) is -0.383. The van der Waals surface area contributed by atoms with E-state index in [2.05, 4.69) is 27.6 Å². The van der Waals surface area contributed by atoms with Crippen LogP contribution in [0.3, 0.4) is 0 Å². The van der Waals surface area contributed by atoms with Gasteiger partial charge in [-0.05, 0) is 13.0 Å². The van der Waals surface area contributed by atoms with E-state index in [9.17, 15) is 9.18 Å². The van der Waals surface area contributed by atoms with Crippen molar-refractivity contribution >= 4 is 28.7 Å². The molecule has 1 aromatic rings. The fraction of sp³-hybridized carbons (Fsp3) is 0.300. The highest BCUT2D eigenvalue weighted by molar-refractivity contribution is 14.1. The number of rotatable bonds is 3. The van der Waals surface area contributed by atoms with E-state index in [0.717, 1.165) is 0 Å². The highest BCUT2D eigenvalue weighted by Gasteiger charge is 2.27. The van der Waals surface area contributed by atoms with Crippen LogP contribution in [0, 0.1) is 5.82 Å². The van der Waals surface area contributed by atoms with Crippen LogP contribution >= 0.6 is 22.6 Å². The Morgan fingerprint density at radius 3 is 2.71 bits per heavy atom. The van der Waals surface area contributed by atoms with Gasteiger partial charge in [-0.3, -0.25) is 0 Å². The van der Waals surface area contributed by atoms with E-state index in [1.165, 1.54) is 12.1 Å². The third-order valence-electron chi connectivity index (χ3n) is 2.01. The van der Waals surface area contributed by atoms with Crippen LogP contribution in [-0.2, 0) is 10.3 Å². The zero-order chi connectivity index (χ0) is 10.6. The zero-order valence-corrected chi connectivity index (χ0v) is 9.79. The predicted octanol–water partition coefficient (Wildman–Crippen LogP) is 2.81. The number of isocyanates is 1. The van der Waals surface area contributed by atoms with Crippen molar-refractivity contribution < 1.29 is 9.18 Å². The van der Waals surface area contributed by atoms with Crippen molar-refractivity contribution in [2.75, 3.05) is 4.43 Å². The van der Waals surface area contributed by atoms with Crippen LogP contribution in [0.25, 0.3) is 0 Å². The first-order valence-corrected chi connectivity index (χ1v) is 5.56.